The Labute approximate surface area is 161 Å². The molecule has 0 atom stereocenters. The molecule has 0 saturated heterocycles. The summed E-state index contributed by atoms with van der Waals surface area (Å²) in [5.41, 5.74) is 0.700. The Balaban J connectivity index is 1.82. The van der Waals surface area contributed by atoms with Crippen molar-refractivity contribution in [3.05, 3.63) is 64.0 Å². The molecule has 1 heterocycles. The minimum absolute atomic E-state index is 0.187. The van der Waals surface area contributed by atoms with E-state index in [9.17, 15) is 9.59 Å². The van der Waals surface area contributed by atoms with Gasteiger partial charge in [-0.2, -0.15) is 0 Å². The first-order valence-electron chi connectivity index (χ1n) is 8.15. The van der Waals surface area contributed by atoms with E-state index in [1.54, 1.807) is 24.3 Å². The quantitative estimate of drug-likeness (QED) is 0.638. The Kier molecular flexibility index (Phi) is 5.03. The number of hydrogen-bond donors (Lipinski definition) is 2. The number of carbonyl (C=O) groups excluding carboxylic acids is 2. The van der Waals surface area contributed by atoms with E-state index in [0.717, 1.165) is 10.1 Å². The summed E-state index contributed by atoms with van der Waals surface area (Å²) in [5, 5.41) is 7.04. The van der Waals surface area contributed by atoms with Crippen molar-refractivity contribution in [2.75, 3.05) is 5.32 Å². The van der Waals surface area contributed by atoms with Crippen molar-refractivity contribution in [1.29, 1.82) is 0 Å². The second-order valence-electron chi connectivity index (χ2n) is 6.98. The van der Waals surface area contributed by atoms with E-state index >= 15 is 0 Å². The molecule has 0 fully saturated rings. The van der Waals surface area contributed by atoms with Crippen LogP contribution in [0.3, 0.4) is 0 Å². The lowest BCUT2D eigenvalue weighted by atomic mass is 10.1. The Bertz CT molecular complexity index is 989. The number of amides is 2. The monoisotopic (exact) mass is 386 g/mol. The van der Waals surface area contributed by atoms with Crippen molar-refractivity contribution >= 4 is 50.5 Å². The topological polar surface area (TPSA) is 58.2 Å². The predicted molar refractivity (Wildman–Crippen MR) is 108 cm³/mol. The third kappa shape index (κ3) is 4.06. The number of anilines is 1. The highest BCUT2D eigenvalue weighted by Gasteiger charge is 2.18. The number of thiophene rings is 1. The first-order valence-corrected chi connectivity index (χ1v) is 9.35. The van der Waals surface area contributed by atoms with E-state index in [-0.39, 0.29) is 17.4 Å². The van der Waals surface area contributed by atoms with Crippen LogP contribution < -0.4 is 10.6 Å². The number of rotatable bonds is 3. The summed E-state index contributed by atoms with van der Waals surface area (Å²) in [5.74, 6) is -0.474. The molecule has 0 aliphatic heterocycles. The maximum atomic E-state index is 12.6. The molecule has 2 aromatic carbocycles. The molecule has 0 aliphatic rings. The van der Waals surface area contributed by atoms with E-state index in [1.165, 1.54) is 11.3 Å². The van der Waals surface area contributed by atoms with Crippen molar-refractivity contribution in [2.45, 2.75) is 26.3 Å². The Morgan fingerprint density at radius 1 is 1.00 bits per heavy atom. The highest BCUT2D eigenvalue weighted by molar-refractivity contribution is 7.21. The van der Waals surface area contributed by atoms with Crippen LogP contribution >= 0.6 is 22.9 Å². The molecular weight excluding hydrogens is 368 g/mol. The summed E-state index contributed by atoms with van der Waals surface area (Å²) < 4.78 is 0.959. The largest absolute Gasteiger partial charge is 0.347 e. The van der Waals surface area contributed by atoms with Gasteiger partial charge in [-0.1, -0.05) is 35.9 Å². The van der Waals surface area contributed by atoms with E-state index < -0.39 is 0 Å². The fourth-order valence-electron chi connectivity index (χ4n) is 2.50. The molecule has 1 aromatic heterocycles. The molecule has 0 saturated carbocycles. The molecule has 4 nitrogen and oxygen atoms in total. The number of hydrogen-bond acceptors (Lipinski definition) is 3. The molecule has 2 N–H and O–H groups in total. The fourth-order valence-corrected chi connectivity index (χ4v) is 3.91. The lowest BCUT2D eigenvalue weighted by molar-refractivity contribution is 0.0918. The van der Waals surface area contributed by atoms with Gasteiger partial charge in [0.25, 0.3) is 11.8 Å². The summed E-state index contributed by atoms with van der Waals surface area (Å²) in [7, 11) is 0. The Morgan fingerprint density at radius 3 is 2.42 bits per heavy atom. The number of halogens is 1. The van der Waals surface area contributed by atoms with Crippen molar-refractivity contribution in [1.82, 2.24) is 5.32 Å². The third-order valence-electron chi connectivity index (χ3n) is 3.61. The molecule has 134 valence electrons. The standard InChI is InChI=1S/C20H19ClN2O2S/c1-20(2,3)23-18(24)12-7-6-8-13(11-12)22-19(25)17-16(21)14-9-4-5-10-15(14)26-17/h4-11H,1-3H3,(H,22,25)(H,23,24). The highest BCUT2D eigenvalue weighted by Crippen LogP contribution is 2.35. The third-order valence-corrected chi connectivity index (χ3v) is 5.29. The van der Waals surface area contributed by atoms with E-state index in [4.69, 9.17) is 11.6 Å². The normalized spacial score (nSPS) is 11.4. The fraction of sp³-hybridized carbons (Fsp3) is 0.200. The number of benzene rings is 2. The minimum Gasteiger partial charge on any atom is -0.347 e. The van der Waals surface area contributed by atoms with Crippen molar-refractivity contribution in [3.63, 3.8) is 0 Å². The Morgan fingerprint density at radius 2 is 1.73 bits per heavy atom. The van der Waals surface area contributed by atoms with Crippen LogP contribution in [0.1, 0.15) is 40.8 Å². The van der Waals surface area contributed by atoms with Gasteiger partial charge in [-0.15, -0.1) is 11.3 Å². The molecule has 0 bridgehead atoms. The summed E-state index contributed by atoms with van der Waals surface area (Å²) in [6.07, 6.45) is 0. The van der Waals surface area contributed by atoms with Gasteiger partial charge in [-0.3, -0.25) is 9.59 Å². The van der Waals surface area contributed by atoms with E-state index in [2.05, 4.69) is 10.6 Å². The van der Waals surface area contributed by atoms with Gasteiger partial charge in [0.05, 0.1) is 5.02 Å². The van der Waals surface area contributed by atoms with Crippen molar-refractivity contribution in [3.8, 4) is 0 Å². The van der Waals surface area contributed by atoms with Crippen molar-refractivity contribution < 1.29 is 9.59 Å². The second kappa shape index (κ2) is 7.09. The van der Waals surface area contributed by atoms with Crippen LogP contribution in [0.25, 0.3) is 10.1 Å². The molecule has 0 spiro atoms. The van der Waals surface area contributed by atoms with Gasteiger partial charge < -0.3 is 10.6 Å². The smallest absolute Gasteiger partial charge is 0.267 e. The van der Waals surface area contributed by atoms with Gasteiger partial charge >= 0.3 is 0 Å². The average Bonchev–Trinajstić information content (AvgIpc) is 2.91. The van der Waals surface area contributed by atoms with Crippen LogP contribution in [0, 0.1) is 0 Å². The van der Waals surface area contributed by atoms with Gasteiger partial charge in [0.2, 0.25) is 0 Å². The molecular formula is C20H19ClN2O2S. The highest BCUT2D eigenvalue weighted by atomic mass is 35.5. The average molecular weight is 387 g/mol. The van der Waals surface area contributed by atoms with E-state index in [1.807, 2.05) is 45.0 Å². The summed E-state index contributed by atoms with van der Waals surface area (Å²) >= 11 is 7.70. The van der Waals surface area contributed by atoms with Crippen LogP contribution in [0.4, 0.5) is 5.69 Å². The second-order valence-corrected chi connectivity index (χ2v) is 8.41. The van der Waals surface area contributed by atoms with Gasteiger partial charge in [-0.05, 0) is 45.0 Å². The molecule has 26 heavy (non-hydrogen) atoms. The van der Waals surface area contributed by atoms with Gasteiger partial charge in [0, 0.05) is 26.9 Å². The summed E-state index contributed by atoms with van der Waals surface area (Å²) in [6, 6.07) is 14.5. The zero-order chi connectivity index (χ0) is 18.9. The number of nitrogens with one attached hydrogen (secondary N) is 2. The SMILES string of the molecule is CC(C)(C)NC(=O)c1cccc(NC(=O)c2sc3ccccc3c2Cl)c1. The van der Waals surface area contributed by atoms with Gasteiger partial charge in [-0.25, -0.2) is 0 Å². The predicted octanol–water partition coefficient (Wildman–Crippen LogP) is 5.34. The van der Waals surface area contributed by atoms with Crippen LogP contribution in [0.2, 0.25) is 5.02 Å². The summed E-state index contributed by atoms with van der Waals surface area (Å²) in [4.78, 5) is 25.4. The minimum atomic E-state index is -0.332. The van der Waals surface area contributed by atoms with Gasteiger partial charge in [0.1, 0.15) is 4.88 Å². The van der Waals surface area contributed by atoms with Crippen LogP contribution in [-0.2, 0) is 0 Å². The molecule has 3 rings (SSSR count). The Hall–Kier alpha value is -2.37. The molecule has 2 amide bonds. The van der Waals surface area contributed by atoms with Crippen LogP contribution in [0.5, 0.6) is 0 Å². The maximum absolute atomic E-state index is 12.6. The molecule has 0 radical (unpaired) electrons. The molecule has 6 heteroatoms. The molecule has 3 aromatic rings. The van der Waals surface area contributed by atoms with Crippen LogP contribution in [-0.4, -0.2) is 17.4 Å². The van der Waals surface area contributed by atoms with Crippen LogP contribution in [0.15, 0.2) is 48.5 Å². The zero-order valence-corrected chi connectivity index (χ0v) is 16.3. The van der Waals surface area contributed by atoms with Crippen molar-refractivity contribution in [2.24, 2.45) is 0 Å². The lowest BCUT2D eigenvalue weighted by Crippen LogP contribution is -2.40. The first-order chi connectivity index (χ1) is 12.2. The van der Waals surface area contributed by atoms with E-state index in [0.29, 0.717) is 21.2 Å². The first kappa shape index (κ1) is 18.4. The number of carbonyl (C=O) groups is 2. The maximum Gasteiger partial charge on any atom is 0.267 e. The lowest BCUT2D eigenvalue weighted by Gasteiger charge is -2.20. The molecule has 0 unspecified atom stereocenters. The summed E-state index contributed by atoms with van der Waals surface area (Å²) in [6.45, 7) is 5.75. The number of fused-ring (bicyclic) bond motifs is 1. The molecule has 0 aliphatic carbocycles. The zero-order valence-electron chi connectivity index (χ0n) is 14.7. The van der Waals surface area contributed by atoms with Gasteiger partial charge in [0.15, 0.2) is 0 Å².